The van der Waals surface area contributed by atoms with Crippen molar-refractivity contribution in [2.24, 2.45) is 5.92 Å². The molecule has 2 aromatic carbocycles. The van der Waals surface area contributed by atoms with Gasteiger partial charge in [-0.3, -0.25) is 4.79 Å². The molecule has 0 amide bonds. The topological polar surface area (TPSA) is 83.5 Å². The lowest BCUT2D eigenvalue weighted by Crippen LogP contribution is -2.34. The van der Waals surface area contributed by atoms with Gasteiger partial charge in [0, 0.05) is 19.1 Å². The summed E-state index contributed by atoms with van der Waals surface area (Å²) in [5, 5.41) is 10.4. The largest absolute Gasteiger partial charge is 0.493 e. The van der Waals surface area contributed by atoms with E-state index in [1.165, 1.54) is 12.1 Å². The summed E-state index contributed by atoms with van der Waals surface area (Å²) < 4.78 is 41.4. The number of esters is 1. The molecule has 0 spiro atoms. The first kappa shape index (κ1) is 27.6. The van der Waals surface area contributed by atoms with Crippen molar-refractivity contribution in [1.29, 1.82) is 0 Å². The molecule has 1 fully saturated rings. The lowest BCUT2D eigenvalue weighted by Gasteiger charge is -2.25. The second-order valence-electron chi connectivity index (χ2n) is 8.81. The minimum atomic E-state index is -0.822. The van der Waals surface area contributed by atoms with Gasteiger partial charge in [0.25, 0.3) is 0 Å². The summed E-state index contributed by atoms with van der Waals surface area (Å²) in [6.07, 6.45) is 3.04. The van der Waals surface area contributed by atoms with Gasteiger partial charge in [0.2, 0.25) is 0 Å². The molecule has 1 saturated heterocycles. The first-order valence-corrected chi connectivity index (χ1v) is 12.1. The molecule has 2 atom stereocenters. The number of hydrogen-bond acceptors (Lipinski definition) is 7. The van der Waals surface area contributed by atoms with Crippen LogP contribution in [0, 0.1) is 11.7 Å². The van der Waals surface area contributed by atoms with Crippen molar-refractivity contribution in [2.75, 3.05) is 47.3 Å². The van der Waals surface area contributed by atoms with Crippen LogP contribution in [0.25, 0.3) is 17.2 Å². The fourth-order valence-corrected chi connectivity index (χ4v) is 4.10. The van der Waals surface area contributed by atoms with Crippen molar-refractivity contribution < 1.29 is 38.0 Å². The number of carbonyl (C=O) groups excluding carboxylic acids is 1. The minimum absolute atomic E-state index is 0.0902. The summed E-state index contributed by atoms with van der Waals surface area (Å²) in [6, 6.07) is 8.04. The third kappa shape index (κ3) is 6.84. The van der Waals surface area contributed by atoms with Crippen LogP contribution in [0.15, 0.2) is 36.4 Å². The highest BCUT2D eigenvalue weighted by Crippen LogP contribution is 2.45. The number of hydrogen-bond donors (Lipinski definition) is 1. The highest BCUT2D eigenvalue weighted by molar-refractivity contribution is 5.86. The first-order chi connectivity index (χ1) is 17.4. The van der Waals surface area contributed by atoms with Crippen molar-refractivity contribution in [3.63, 3.8) is 0 Å². The van der Waals surface area contributed by atoms with Gasteiger partial charge in [-0.2, -0.15) is 0 Å². The van der Waals surface area contributed by atoms with E-state index in [9.17, 15) is 14.3 Å². The zero-order valence-electron chi connectivity index (χ0n) is 21.3. The van der Waals surface area contributed by atoms with E-state index in [2.05, 4.69) is 13.8 Å². The molecule has 0 bridgehead atoms. The van der Waals surface area contributed by atoms with Crippen LogP contribution in [0.4, 0.5) is 4.39 Å². The fourth-order valence-electron chi connectivity index (χ4n) is 4.10. The Labute approximate surface area is 211 Å². The van der Waals surface area contributed by atoms with Gasteiger partial charge < -0.3 is 28.8 Å². The van der Waals surface area contributed by atoms with Crippen molar-refractivity contribution in [3.05, 3.63) is 53.4 Å². The van der Waals surface area contributed by atoms with Gasteiger partial charge in [-0.25, -0.2) is 4.39 Å². The lowest BCUT2D eigenvalue weighted by molar-refractivity contribution is -0.157. The summed E-state index contributed by atoms with van der Waals surface area (Å²) in [4.78, 5) is 12.3. The highest BCUT2D eigenvalue weighted by Gasteiger charge is 2.30. The average molecular weight is 503 g/mol. The average Bonchev–Trinajstić information content (AvgIpc) is 2.86. The lowest BCUT2D eigenvalue weighted by atomic mass is 9.87. The van der Waals surface area contributed by atoms with Crippen LogP contribution in [0.5, 0.6) is 11.5 Å². The summed E-state index contributed by atoms with van der Waals surface area (Å²) in [6.45, 7) is 5.83. The zero-order chi connectivity index (χ0) is 26.1. The number of aliphatic hydroxyl groups is 1. The SMILES string of the molecule is COCCOCCOc1c(OC)cc(C(C)C)c(C=C[C@H]2C(=O)OCC[C@@H]2O)c1-c1ccc(F)cc1. The summed E-state index contributed by atoms with van der Waals surface area (Å²) in [5.41, 5.74) is 3.16. The molecule has 36 heavy (non-hydrogen) atoms. The summed E-state index contributed by atoms with van der Waals surface area (Å²) in [7, 11) is 3.18. The monoisotopic (exact) mass is 502 g/mol. The Bertz CT molecular complexity index is 1030. The van der Waals surface area contributed by atoms with E-state index in [4.69, 9.17) is 23.7 Å². The van der Waals surface area contributed by atoms with Crippen LogP contribution in [0.2, 0.25) is 0 Å². The van der Waals surface area contributed by atoms with E-state index in [1.807, 2.05) is 12.1 Å². The van der Waals surface area contributed by atoms with E-state index in [1.54, 1.807) is 32.4 Å². The molecule has 0 saturated carbocycles. The minimum Gasteiger partial charge on any atom is -0.493 e. The maximum absolute atomic E-state index is 13.8. The number of ether oxygens (including phenoxy) is 5. The normalized spacial score (nSPS) is 18.0. The van der Waals surface area contributed by atoms with E-state index < -0.39 is 18.0 Å². The van der Waals surface area contributed by atoms with E-state index >= 15 is 0 Å². The molecule has 1 aliphatic rings. The number of methoxy groups -OCH3 is 2. The smallest absolute Gasteiger partial charge is 0.315 e. The third-order valence-electron chi connectivity index (χ3n) is 6.01. The molecule has 8 heteroatoms. The predicted octanol–water partition coefficient (Wildman–Crippen LogP) is 4.60. The van der Waals surface area contributed by atoms with Gasteiger partial charge in [-0.1, -0.05) is 38.1 Å². The Morgan fingerprint density at radius 2 is 1.86 bits per heavy atom. The molecule has 0 unspecified atom stereocenters. The molecular weight excluding hydrogens is 467 g/mol. The fraction of sp³-hybridized carbons (Fsp3) is 0.464. The molecule has 7 nitrogen and oxygen atoms in total. The summed E-state index contributed by atoms with van der Waals surface area (Å²) >= 11 is 0. The number of halogens is 1. The van der Waals surface area contributed by atoms with Gasteiger partial charge in [-0.05, 0) is 40.8 Å². The Hall–Kier alpha value is -2.94. The van der Waals surface area contributed by atoms with Crippen molar-refractivity contribution in [3.8, 4) is 22.6 Å². The molecule has 0 radical (unpaired) electrons. The Morgan fingerprint density at radius 1 is 1.14 bits per heavy atom. The number of benzene rings is 2. The first-order valence-electron chi connectivity index (χ1n) is 12.1. The molecule has 1 heterocycles. The van der Waals surface area contributed by atoms with Gasteiger partial charge >= 0.3 is 5.97 Å². The second kappa shape index (κ2) is 13.4. The number of cyclic esters (lactones) is 1. The standard InChI is InChI=1S/C28H35FO7/c1-18(2)23-17-25(33-4)27(35-16-15-34-14-13-32-3)26(19-5-7-20(29)8-6-19)21(23)9-10-22-24(30)11-12-36-28(22)31/h5-10,17-18,22,24,30H,11-16H2,1-4H3/t22-,24+/m1/s1. The molecule has 1 aliphatic heterocycles. The van der Waals surface area contributed by atoms with Crippen LogP contribution in [0.1, 0.15) is 37.3 Å². The molecule has 2 aromatic rings. The third-order valence-corrected chi connectivity index (χ3v) is 6.01. The number of carbonyl (C=O) groups is 1. The van der Waals surface area contributed by atoms with Gasteiger partial charge in [0.15, 0.2) is 11.5 Å². The van der Waals surface area contributed by atoms with Gasteiger partial charge in [0.05, 0.1) is 39.6 Å². The quantitative estimate of drug-likeness (QED) is 0.335. The maximum Gasteiger partial charge on any atom is 0.315 e. The molecular formula is C28H35FO7. The van der Waals surface area contributed by atoms with Crippen molar-refractivity contribution >= 4 is 12.0 Å². The predicted molar refractivity (Wildman–Crippen MR) is 135 cm³/mol. The Morgan fingerprint density at radius 3 is 2.50 bits per heavy atom. The van der Waals surface area contributed by atoms with Crippen LogP contribution < -0.4 is 9.47 Å². The van der Waals surface area contributed by atoms with Crippen LogP contribution in [0.3, 0.4) is 0 Å². The van der Waals surface area contributed by atoms with E-state index in [0.29, 0.717) is 43.3 Å². The van der Waals surface area contributed by atoms with Gasteiger partial charge in [-0.15, -0.1) is 0 Å². The van der Waals surface area contributed by atoms with E-state index in [-0.39, 0.29) is 24.9 Å². The molecule has 3 rings (SSSR count). The highest BCUT2D eigenvalue weighted by atomic mass is 19.1. The summed E-state index contributed by atoms with van der Waals surface area (Å²) in [5.74, 6) is -0.491. The molecule has 0 aliphatic carbocycles. The molecule has 1 N–H and O–H groups in total. The van der Waals surface area contributed by atoms with Crippen LogP contribution in [-0.4, -0.2) is 64.4 Å². The Balaban J connectivity index is 2.11. The zero-order valence-corrected chi connectivity index (χ0v) is 21.3. The number of rotatable bonds is 12. The van der Waals surface area contributed by atoms with Crippen molar-refractivity contribution in [1.82, 2.24) is 0 Å². The van der Waals surface area contributed by atoms with Crippen molar-refractivity contribution in [2.45, 2.75) is 32.3 Å². The Kier molecular flexibility index (Phi) is 10.3. The van der Waals surface area contributed by atoms with Gasteiger partial charge in [0.1, 0.15) is 18.3 Å². The number of aliphatic hydroxyl groups excluding tert-OH is 1. The second-order valence-corrected chi connectivity index (χ2v) is 8.81. The van der Waals surface area contributed by atoms with Crippen LogP contribution in [-0.2, 0) is 19.0 Å². The molecule has 196 valence electrons. The molecule has 0 aromatic heterocycles. The van der Waals surface area contributed by atoms with E-state index in [0.717, 1.165) is 16.7 Å². The van der Waals surface area contributed by atoms with Crippen LogP contribution >= 0.6 is 0 Å². The maximum atomic E-state index is 13.8.